The van der Waals surface area contributed by atoms with E-state index in [4.69, 9.17) is 9.84 Å². The molecule has 2 N–H and O–H groups in total. The first-order valence-corrected chi connectivity index (χ1v) is 8.71. The molecule has 3 heteroatoms. The molecular formula is C23H26O3. The van der Waals surface area contributed by atoms with Crippen molar-refractivity contribution in [1.82, 2.24) is 0 Å². The summed E-state index contributed by atoms with van der Waals surface area (Å²) in [6.07, 6.45) is 2.06. The molecule has 1 aliphatic heterocycles. The van der Waals surface area contributed by atoms with Gasteiger partial charge < -0.3 is 14.9 Å². The van der Waals surface area contributed by atoms with Gasteiger partial charge in [0.05, 0.1) is 0 Å². The van der Waals surface area contributed by atoms with Crippen LogP contribution in [0.4, 0.5) is 0 Å². The van der Waals surface area contributed by atoms with Crippen LogP contribution in [0.3, 0.4) is 0 Å². The van der Waals surface area contributed by atoms with Crippen LogP contribution in [0.2, 0.25) is 0 Å². The van der Waals surface area contributed by atoms with Gasteiger partial charge in [0.2, 0.25) is 0 Å². The average Bonchev–Trinajstić information content (AvgIpc) is 2.64. The molecule has 0 saturated heterocycles. The van der Waals surface area contributed by atoms with Gasteiger partial charge in [-0.2, -0.15) is 0 Å². The van der Waals surface area contributed by atoms with Gasteiger partial charge in [0.25, 0.3) is 0 Å². The van der Waals surface area contributed by atoms with E-state index in [-0.39, 0.29) is 11.4 Å². The molecule has 1 heterocycles. The van der Waals surface area contributed by atoms with E-state index in [0.29, 0.717) is 5.75 Å². The summed E-state index contributed by atoms with van der Waals surface area (Å²) in [6, 6.07) is 26.0. The Bertz CT molecular complexity index is 741. The van der Waals surface area contributed by atoms with E-state index in [1.165, 1.54) is 5.56 Å². The number of ether oxygens (including phenoxy) is 1. The minimum Gasteiger partial charge on any atom is -0.508 e. The molecule has 0 saturated carbocycles. The van der Waals surface area contributed by atoms with E-state index in [1.807, 2.05) is 48.5 Å². The summed E-state index contributed by atoms with van der Waals surface area (Å²) >= 11 is 0. The zero-order chi connectivity index (χ0) is 18.8. The summed E-state index contributed by atoms with van der Waals surface area (Å²) in [5.41, 5.74) is 1.10. The number of hydrogen-bond donors (Lipinski definition) is 2. The molecule has 0 aliphatic carbocycles. The maximum absolute atomic E-state index is 9.28. The Morgan fingerprint density at radius 3 is 1.77 bits per heavy atom. The van der Waals surface area contributed by atoms with Gasteiger partial charge in [0.15, 0.2) is 0 Å². The lowest BCUT2D eigenvalue weighted by molar-refractivity contribution is 0.0844. The summed E-state index contributed by atoms with van der Waals surface area (Å²) < 4.78 is 5.74. The van der Waals surface area contributed by atoms with Crippen LogP contribution in [0.5, 0.6) is 17.2 Å². The number of phenols is 2. The molecule has 3 aromatic carbocycles. The van der Waals surface area contributed by atoms with Gasteiger partial charge in [-0.3, -0.25) is 0 Å². The SMILES string of the molecule is CC1(C)CCc2ccc(O)cc2O1.Oc1ccccc1.c1ccccc1. The molecule has 0 aromatic heterocycles. The summed E-state index contributed by atoms with van der Waals surface area (Å²) in [7, 11) is 0. The van der Waals surface area contributed by atoms with Crippen LogP contribution in [0, 0.1) is 0 Å². The Kier molecular flexibility index (Phi) is 7.10. The van der Waals surface area contributed by atoms with Gasteiger partial charge in [-0.25, -0.2) is 0 Å². The quantitative estimate of drug-likeness (QED) is 0.557. The maximum Gasteiger partial charge on any atom is 0.126 e. The second kappa shape index (κ2) is 9.52. The summed E-state index contributed by atoms with van der Waals surface area (Å²) in [4.78, 5) is 0. The van der Waals surface area contributed by atoms with Gasteiger partial charge in [-0.05, 0) is 50.5 Å². The van der Waals surface area contributed by atoms with Gasteiger partial charge in [0.1, 0.15) is 22.8 Å². The highest BCUT2D eigenvalue weighted by atomic mass is 16.5. The first-order valence-electron chi connectivity index (χ1n) is 8.71. The average molecular weight is 350 g/mol. The minimum absolute atomic E-state index is 0.0964. The van der Waals surface area contributed by atoms with Crippen LogP contribution >= 0.6 is 0 Å². The second-order valence-corrected chi connectivity index (χ2v) is 6.64. The number of aryl methyl sites for hydroxylation is 1. The van der Waals surface area contributed by atoms with E-state index in [2.05, 4.69) is 13.8 Å². The molecule has 1 aliphatic rings. The number of fused-ring (bicyclic) bond motifs is 1. The Hall–Kier alpha value is -2.94. The summed E-state index contributed by atoms with van der Waals surface area (Å²) in [6.45, 7) is 4.14. The first-order chi connectivity index (χ1) is 12.5. The van der Waals surface area contributed by atoms with E-state index in [0.717, 1.165) is 18.6 Å². The van der Waals surface area contributed by atoms with Crippen LogP contribution in [-0.4, -0.2) is 15.8 Å². The van der Waals surface area contributed by atoms with E-state index in [1.54, 1.807) is 36.4 Å². The van der Waals surface area contributed by atoms with Crippen molar-refractivity contribution in [3.05, 3.63) is 90.5 Å². The maximum atomic E-state index is 9.28. The van der Waals surface area contributed by atoms with Crippen molar-refractivity contribution < 1.29 is 14.9 Å². The van der Waals surface area contributed by atoms with Gasteiger partial charge >= 0.3 is 0 Å². The second-order valence-electron chi connectivity index (χ2n) is 6.64. The lowest BCUT2D eigenvalue weighted by atomic mass is 9.94. The molecule has 0 unspecified atom stereocenters. The third-order valence-electron chi connectivity index (χ3n) is 3.86. The minimum atomic E-state index is -0.0964. The van der Waals surface area contributed by atoms with Crippen molar-refractivity contribution >= 4 is 0 Å². The molecule has 0 atom stereocenters. The molecule has 3 nitrogen and oxygen atoms in total. The predicted octanol–water partition coefficient (Wildman–Crippen LogP) is 5.57. The van der Waals surface area contributed by atoms with Crippen molar-refractivity contribution in [1.29, 1.82) is 0 Å². The predicted molar refractivity (Wildman–Crippen MR) is 106 cm³/mol. The smallest absolute Gasteiger partial charge is 0.126 e. The number of benzene rings is 3. The van der Waals surface area contributed by atoms with Crippen molar-refractivity contribution in [2.45, 2.75) is 32.3 Å². The van der Waals surface area contributed by atoms with Crippen molar-refractivity contribution in [3.63, 3.8) is 0 Å². The zero-order valence-corrected chi connectivity index (χ0v) is 15.3. The number of rotatable bonds is 0. The van der Waals surface area contributed by atoms with Gasteiger partial charge in [-0.15, -0.1) is 0 Å². The molecular weight excluding hydrogens is 324 g/mol. The number of para-hydroxylation sites is 1. The Balaban J connectivity index is 0.000000157. The molecule has 0 radical (unpaired) electrons. The van der Waals surface area contributed by atoms with Crippen molar-refractivity contribution in [2.24, 2.45) is 0 Å². The van der Waals surface area contributed by atoms with Crippen LogP contribution < -0.4 is 4.74 Å². The number of aromatic hydroxyl groups is 2. The summed E-state index contributed by atoms with van der Waals surface area (Å²) in [5.74, 6) is 1.43. The molecule has 136 valence electrons. The van der Waals surface area contributed by atoms with Gasteiger partial charge in [0, 0.05) is 6.07 Å². The molecule has 0 amide bonds. The van der Waals surface area contributed by atoms with Crippen LogP contribution in [0.25, 0.3) is 0 Å². The highest BCUT2D eigenvalue weighted by molar-refractivity contribution is 5.41. The standard InChI is InChI=1S/C11H14O2.C6H6O.C6H6/c1-11(2)6-5-8-3-4-9(12)7-10(8)13-11;7-6-4-2-1-3-5-6;1-2-4-6-5-3-1/h3-4,7,12H,5-6H2,1-2H3;1-5,7H;1-6H. The zero-order valence-electron chi connectivity index (χ0n) is 15.3. The highest BCUT2D eigenvalue weighted by Gasteiger charge is 2.26. The summed E-state index contributed by atoms with van der Waals surface area (Å²) in [5, 5.41) is 17.9. The fourth-order valence-electron chi connectivity index (χ4n) is 2.44. The molecule has 0 spiro atoms. The largest absolute Gasteiger partial charge is 0.508 e. The molecule has 3 aromatic rings. The van der Waals surface area contributed by atoms with E-state index >= 15 is 0 Å². The van der Waals surface area contributed by atoms with Crippen LogP contribution in [0.1, 0.15) is 25.8 Å². The topological polar surface area (TPSA) is 49.7 Å². The van der Waals surface area contributed by atoms with Crippen molar-refractivity contribution in [2.75, 3.05) is 0 Å². The van der Waals surface area contributed by atoms with Crippen LogP contribution in [-0.2, 0) is 6.42 Å². The fourth-order valence-corrected chi connectivity index (χ4v) is 2.44. The third kappa shape index (κ3) is 6.89. The monoisotopic (exact) mass is 350 g/mol. The van der Waals surface area contributed by atoms with Gasteiger partial charge in [-0.1, -0.05) is 60.7 Å². The third-order valence-corrected chi connectivity index (χ3v) is 3.86. The van der Waals surface area contributed by atoms with Crippen molar-refractivity contribution in [3.8, 4) is 17.2 Å². The number of phenolic OH excluding ortho intramolecular Hbond substituents is 2. The molecule has 0 bridgehead atoms. The Morgan fingerprint density at radius 2 is 1.27 bits per heavy atom. The number of hydrogen-bond acceptors (Lipinski definition) is 3. The highest BCUT2D eigenvalue weighted by Crippen LogP contribution is 2.34. The van der Waals surface area contributed by atoms with Crippen LogP contribution in [0.15, 0.2) is 84.9 Å². The van der Waals surface area contributed by atoms with E-state index in [9.17, 15) is 5.11 Å². The lowest BCUT2D eigenvalue weighted by Crippen LogP contribution is -2.32. The normalized spacial score (nSPS) is 13.6. The molecule has 0 fully saturated rings. The van der Waals surface area contributed by atoms with E-state index < -0.39 is 0 Å². The Labute approximate surface area is 155 Å². The molecule has 4 rings (SSSR count). The first kappa shape index (κ1) is 19.4. The Morgan fingerprint density at radius 1 is 0.731 bits per heavy atom. The lowest BCUT2D eigenvalue weighted by Gasteiger charge is -2.32. The molecule has 26 heavy (non-hydrogen) atoms. The fraction of sp³-hybridized carbons (Fsp3) is 0.217.